The number of aliphatic hydroxyl groups excluding tert-OH is 3. The first-order chi connectivity index (χ1) is 41.3. The minimum absolute atomic E-state index is 0. The number of nitrogens with zero attached hydrogens (tertiary/aromatic N) is 2. The Bertz CT molecular complexity index is 3420. The Hall–Kier alpha value is -5.60. The summed E-state index contributed by atoms with van der Waals surface area (Å²) in [5.41, 5.74) is 13.2. The van der Waals surface area contributed by atoms with Crippen LogP contribution in [0.15, 0.2) is 130 Å². The van der Waals surface area contributed by atoms with Crippen LogP contribution >= 0.6 is 44.7 Å². The van der Waals surface area contributed by atoms with Crippen molar-refractivity contribution in [3.63, 3.8) is 0 Å². The van der Waals surface area contributed by atoms with Gasteiger partial charge >= 0.3 is 76.1 Å². The first kappa shape index (κ1) is 96.5. The van der Waals surface area contributed by atoms with E-state index in [0.29, 0.717) is 34.8 Å². The van der Waals surface area contributed by atoms with E-state index in [0.717, 1.165) is 63.4 Å². The summed E-state index contributed by atoms with van der Waals surface area (Å²) in [5, 5.41) is 37.9. The van der Waals surface area contributed by atoms with Gasteiger partial charge in [-0.1, -0.05) is 145 Å². The van der Waals surface area contributed by atoms with Crippen LogP contribution < -0.4 is 51.4 Å². The molecule has 0 aromatic heterocycles. The summed E-state index contributed by atoms with van der Waals surface area (Å²) in [6, 6.07) is 36.1. The van der Waals surface area contributed by atoms with Crippen molar-refractivity contribution in [3.8, 4) is 82.6 Å². The second-order valence-electron chi connectivity index (χ2n) is 20.5. The summed E-state index contributed by atoms with van der Waals surface area (Å²) in [7, 11) is 2.93. The molecule has 0 aliphatic heterocycles. The molecule has 0 spiro atoms. The summed E-state index contributed by atoms with van der Waals surface area (Å²) >= 11 is 9.48. The molecular formula is C69H77AgBBr2KN2O12SSi2. The average Bonchev–Trinajstić information content (AvgIpc) is 2.91. The normalized spacial score (nSPS) is 12.9. The Kier molecular flexibility index (Phi) is 59.4. The van der Waals surface area contributed by atoms with Gasteiger partial charge in [-0.25, -0.2) is 0 Å². The largest absolute Gasteiger partial charge is 1.00 e. The van der Waals surface area contributed by atoms with Crippen LogP contribution in [0.1, 0.15) is 122 Å². The van der Waals surface area contributed by atoms with Crippen LogP contribution in [0.25, 0.3) is 0 Å². The summed E-state index contributed by atoms with van der Waals surface area (Å²) < 4.78 is 3.69. The minimum Gasteiger partial charge on any atom is -0.870 e. The number of thiol groups is 1. The number of ketones is 5. The van der Waals surface area contributed by atoms with Gasteiger partial charge in [0.2, 0.25) is 0 Å². The summed E-state index contributed by atoms with van der Waals surface area (Å²) in [4.78, 5) is 65.5. The molecule has 5 aromatic carbocycles. The zero-order chi connectivity index (χ0) is 68.0. The van der Waals surface area contributed by atoms with E-state index in [2.05, 4.69) is 159 Å². The van der Waals surface area contributed by atoms with Crippen LogP contribution in [0, 0.1) is 116 Å². The van der Waals surface area contributed by atoms with E-state index in [1.807, 2.05) is 60.7 Å². The van der Waals surface area contributed by atoms with Gasteiger partial charge in [0.25, 0.3) is 5.09 Å². The van der Waals surface area contributed by atoms with Crippen LogP contribution in [-0.2, 0) is 22.4 Å². The molecule has 5 aromatic rings. The van der Waals surface area contributed by atoms with E-state index < -0.39 is 21.2 Å². The third-order valence-corrected chi connectivity index (χ3v) is 13.3. The SMILES string of the molecule is C#C[C@H]1CC1CO.C#C[Si](C)(C)C.C#Cc1ccc(C(C)=O)cc1.CC(=O)c1ccc(Br)cc1.CC(=O)c1ccc(C#CBr)cc1.CC(=O)c1ccc(C#CC#C[C@H]2CC2CO)cc1.CC(=O)c1ccc(C#C[Si](C)(C)C)cc1.CO.O=[N+]([O-])O.[Ag].[B]=NS.[K+].[OH-]. The number of carbonyl (C=O) groups is 5. The molecule has 14 nitrogen and oxygen atoms in total. The quantitative estimate of drug-likeness (QED) is 0.0255. The first-order valence-corrected chi connectivity index (χ1v) is 35.7. The van der Waals surface area contributed by atoms with E-state index in [4.69, 9.17) is 49.9 Å². The molecule has 2 fully saturated rings. The third kappa shape index (κ3) is 53.6. The molecule has 22 heteroatoms. The second-order valence-corrected chi connectivity index (χ2v) is 31.5. The summed E-state index contributed by atoms with van der Waals surface area (Å²) in [6.07, 6.45) is 17.3. The van der Waals surface area contributed by atoms with E-state index in [1.54, 1.807) is 88.4 Å². The Morgan fingerprint density at radius 2 is 0.868 bits per heavy atom. The molecule has 0 amide bonds. The van der Waals surface area contributed by atoms with Crippen LogP contribution in [0.2, 0.25) is 39.3 Å². The number of hydrogen-bond acceptors (Lipinski definition) is 13. The van der Waals surface area contributed by atoms with E-state index in [-0.39, 0.29) is 121 Å². The molecule has 0 bridgehead atoms. The maximum Gasteiger partial charge on any atom is 1.00 e. The number of aliphatic hydroxyl groups is 3. The van der Waals surface area contributed by atoms with Crippen LogP contribution in [-0.4, -0.2) is 104 Å². The fourth-order valence-corrected chi connectivity index (χ4v) is 6.69. The van der Waals surface area contributed by atoms with Gasteiger partial charge in [-0.2, -0.15) is 0 Å². The number of carbonyl (C=O) groups excluding carboxylic acids is 5. The topological polar surface area (TPSA) is 252 Å². The molecule has 0 saturated heterocycles. The van der Waals surface area contributed by atoms with Crippen LogP contribution in [0.3, 0.4) is 0 Å². The van der Waals surface area contributed by atoms with Crippen molar-refractivity contribution in [2.45, 2.75) is 86.7 Å². The molecule has 0 heterocycles. The standard InChI is InChI=1S/C16H14O2.C13H16OSi.C10H7BrO.C10H8O.C8H7BrO.C6H8O.C5H10Si.CH4O.Ag.BHNS.K.HNO3.H2O/c1-12(18)14-8-6-13(7-9-14)4-2-3-5-15-10-16(15)11-17;1-11(14)13-7-5-12(6-8-13)9-10-15(2,3)4;1-8(12)10-4-2-9(3-5-10)6-7-11;1-3-9-4-6-10(7-5-9)8(2)11;1-6(10)7-2-4-8(9)5-3-7;1-2-5-3-6(5)4-7;1-5-6(2,3)4;1-2;;1-2-3;;2-1(3)4;/h6-9,15-17H,10-11H2,1H3;5-8H,1-4H3;2-5H,1H3;1,4-7H,2H3;2-5H,1H3;1,5-7H,3-4H2;1H,2-4H3;2H,1H3;;3H;;(H,2,3,4);1H2/q;;;;;;;;;;+1;;/p-1/t15-,16?;;;;;5-,6?;;;;;;;/m0....0......./s1. The molecule has 91 heavy (non-hydrogen) atoms. The van der Waals surface area contributed by atoms with Crippen LogP contribution in [0.5, 0.6) is 0 Å². The maximum absolute atomic E-state index is 11.1. The van der Waals surface area contributed by atoms with E-state index in [9.17, 15) is 24.0 Å². The number of hydrogen-bond donors (Lipinski definition) is 5. The van der Waals surface area contributed by atoms with Crippen molar-refractivity contribution >= 4 is 97.4 Å². The molecule has 2 radical (unpaired) electrons. The number of halogens is 2. The van der Waals surface area contributed by atoms with Gasteiger partial charge in [-0.15, -0.1) is 46.4 Å². The molecule has 2 aliphatic carbocycles. The monoisotopic (exact) mass is 1530 g/mol. The van der Waals surface area contributed by atoms with Gasteiger partial charge in [0.05, 0.1) is 0 Å². The van der Waals surface area contributed by atoms with Crippen molar-refractivity contribution in [2.24, 2.45) is 28.0 Å². The predicted molar refractivity (Wildman–Crippen MR) is 373 cm³/mol. The predicted octanol–water partition coefficient (Wildman–Crippen LogP) is 10.1. The van der Waals surface area contributed by atoms with Crippen molar-refractivity contribution in [1.82, 2.24) is 0 Å². The number of terminal acetylenes is 3. The maximum atomic E-state index is 11.1. The van der Waals surface area contributed by atoms with Gasteiger partial charge < -0.3 is 26.0 Å². The first-order valence-electron chi connectivity index (χ1n) is 26.7. The Labute approximate surface area is 622 Å². The smallest absolute Gasteiger partial charge is 0.870 e. The van der Waals surface area contributed by atoms with Gasteiger partial charge in [-0.3, -0.25) is 24.0 Å². The fraction of sp³-hybridized carbons (Fsp3) is 0.290. The van der Waals surface area contributed by atoms with Gasteiger partial charge in [-0.05, 0) is 137 Å². The second kappa shape index (κ2) is 56.0. The van der Waals surface area contributed by atoms with Gasteiger partial charge in [0.15, 0.2) is 28.9 Å². The zero-order valence-corrected chi connectivity index (χ0v) is 64.2. The Balaban J connectivity index is -0.000000230. The number of rotatable bonds is 7. The van der Waals surface area contributed by atoms with Gasteiger partial charge in [0.1, 0.15) is 16.1 Å². The molecule has 4 atom stereocenters. The van der Waals surface area contributed by atoms with Crippen molar-refractivity contribution < 1.29 is 129 Å². The molecule has 2 saturated carbocycles. The van der Waals surface area contributed by atoms with E-state index >= 15 is 0 Å². The van der Waals surface area contributed by atoms with Crippen molar-refractivity contribution in [2.75, 3.05) is 20.3 Å². The fourth-order valence-electron chi connectivity index (χ4n) is 5.68. The summed E-state index contributed by atoms with van der Waals surface area (Å²) in [6.45, 7) is 21.3. The molecular weight excluding hydrogens is 1450 g/mol. The third-order valence-electron chi connectivity index (χ3n) is 10.8. The van der Waals surface area contributed by atoms with Crippen molar-refractivity contribution in [1.29, 1.82) is 0 Å². The molecule has 478 valence electrons. The molecule has 5 N–H and O–H groups in total. The van der Waals surface area contributed by atoms with Crippen molar-refractivity contribution in [3.05, 3.63) is 186 Å². The van der Waals surface area contributed by atoms with Gasteiger partial charge in [0, 0.05) is 125 Å². The Morgan fingerprint density at radius 1 is 0.593 bits per heavy atom. The zero-order valence-electron chi connectivity index (χ0n) is 53.5. The molecule has 2 aliphatic rings. The Morgan fingerprint density at radius 3 is 1.10 bits per heavy atom. The summed E-state index contributed by atoms with van der Waals surface area (Å²) in [5.74, 6) is 24.5. The number of benzene rings is 5. The van der Waals surface area contributed by atoms with Crippen LogP contribution in [0.4, 0.5) is 0 Å². The minimum atomic E-state index is -1.50. The average molecular weight is 1530 g/mol. The molecule has 7 rings (SSSR count). The van der Waals surface area contributed by atoms with E-state index in [1.165, 1.54) is 6.92 Å². The number of Topliss-reactive ketones (excluding diaryl/α,β-unsaturated/α-hetero) is 5. The molecule has 2 unspecified atom stereocenters.